The van der Waals surface area contributed by atoms with Crippen LogP contribution in [0, 0.1) is 3.57 Å². The number of aliphatic carboxylic acids is 1. The van der Waals surface area contributed by atoms with E-state index in [1.807, 2.05) is 22.6 Å². The molecule has 0 fully saturated rings. The van der Waals surface area contributed by atoms with Gasteiger partial charge in [-0.3, -0.25) is 9.48 Å². The van der Waals surface area contributed by atoms with Gasteiger partial charge in [0.05, 0.1) is 9.77 Å². The zero-order chi connectivity index (χ0) is 13.7. The number of halogens is 1. The molecule has 0 aliphatic carbocycles. The Morgan fingerprint density at radius 1 is 1.72 bits per heavy atom. The Balaban J connectivity index is 2.78. The van der Waals surface area contributed by atoms with Gasteiger partial charge < -0.3 is 10.4 Å². The van der Waals surface area contributed by atoms with Crippen molar-refractivity contribution in [1.29, 1.82) is 0 Å². The number of aromatic nitrogens is 2. The standard InChI is InChI=1S/C11H14IN3O3/c1-3-4-5-8(11(17)18)14-10(16)9-7(12)6-13-15(9)2/h3,6,8H,1,4-5H2,2H3,(H,14,16)(H,17,18). The fourth-order valence-electron chi connectivity index (χ4n) is 1.43. The van der Waals surface area contributed by atoms with Gasteiger partial charge in [-0.1, -0.05) is 6.08 Å². The van der Waals surface area contributed by atoms with Crippen LogP contribution < -0.4 is 5.32 Å². The van der Waals surface area contributed by atoms with Crippen molar-refractivity contribution in [3.63, 3.8) is 0 Å². The fourth-order valence-corrected chi connectivity index (χ4v) is 2.15. The first-order valence-electron chi connectivity index (χ1n) is 5.29. The van der Waals surface area contributed by atoms with Crippen molar-refractivity contribution < 1.29 is 14.7 Å². The zero-order valence-electron chi connectivity index (χ0n) is 9.89. The average molecular weight is 363 g/mol. The highest BCUT2D eigenvalue weighted by Gasteiger charge is 2.23. The summed E-state index contributed by atoms with van der Waals surface area (Å²) in [6.45, 7) is 3.53. The number of allylic oxidation sites excluding steroid dienone is 1. The lowest BCUT2D eigenvalue weighted by molar-refractivity contribution is -0.139. The highest BCUT2D eigenvalue weighted by atomic mass is 127. The predicted molar refractivity (Wildman–Crippen MR) is 74.2 cm³/mol. The highest BCUT2D eigenvalue weighted by molar-refractivity contribution is 14.1. The number of carboxylic acid groups (broad SMARTS) is 1. The molecule has 1 heterocycles. The number of rotatable bonds is 6. The fraction of sp³-hybridized carbons (Fsp3) is 0.364. The molecular formula is C11H14IN3O3. The number of aryl methyl sites for hydroxylation is 1. The molecule has 0 radical (unpaired) electrons. The van der Waals surface area contributed by atoms with Crippen LogP contribution >= 0.6 is 22.6 Å². The van der Waals surface area contributed by atoms with Gasteiger partial charge in [0.1, 0.15) is 11.7 Å². The largest absolute Gasteiger partial charge is 0.480 e. The van der Waals surface area contributed by atoms with E-state index in [1.165, 1.54) is 4.68 Å². The quantitative estimate of drug-likeness (QED) is 0.587. The molecule has 1 rings (SSSR count). The number of hydrogen-bond donors (Lipinski definition) is 2. The van der Waals surface area contributed by atoms with Gasteiger partial charge in [0.15, 0.2) is 0 Å². The summed E-state index contributed by atoms with van der Waals surface area (Å²) in [5.41, 5.74) is 0.362. The Morgan fingerprint density at radius 3 is 2.83 bits per heavy atom. The Labute approximate surface area is 118 Å². The molecule has 0 spiro atoms. The molecule has 6 nitrogen and oxygen atoms in total. The van der Waals surface area contributed by atoms with Gasteiger partial charge in [-0.2, -0.15) is 5.10 Å². The van der Waals surface area contributed by atoms with Crippen LogP contribution in [0.15, 0.2) is 18.9 Å². The maximum absolute atomic E-state index is 12.0. The SMILES string of the molecule is C=CCCC(NC(=O)c1c(I)cnn1C)C(=O)O. The van der Waals surface area contributed by atoms with Gasteiger partial charge in [-0.05, 0) is 35.4 Å². The summed E-state index contributed by atoms with van der Waals surface area (Å²) in [5.74, 6) is -1.49. The van der Waals surface area contributed by atoms with Crippen molar-refractivity contribution in [2.24, 2.45) is 7.05 Å². The van der Waals surface area contributed by atoms with E-state index in [1.54, 1.807) is 19.3 Å². The molecule has 1 atom stereocenters. The van der Waals surface area contributed by atoms with Gasteiger partial charge in [0, 0.05) is 7.05 Å². The van der Waals surface area contributed by atoms with E-state index in [9.17, 15) is 9.59 Å². The van der Waals surface area contributed by atoms with E-state index < -0.39 is 17.9 Å². The van der Waals surface area contributed by atoms with Crippen LogP contribution in [-0.2, 0) is 11.8 Å². The van der Waals surface area contributed by atoms with Crippen molar-refractivity contribution in [3.8, 4) is 0 Å². The summed E-state index contributed by atoms with van der Waals surface area (Å²) in [4.78, 5) is 23.0. The lowest BCUT2D eigenvalue weighted by Gasteiger charge is -2.13. The number of carboxylic acids is 1. The lowest BCUT2D eigenvalue weighted by atomic mass is 10.1. The molecule has 1 unspecified atom stereocenters. The normalized spacial score (nSPS) is 11.9. The first-order chi connectivity index (χ1) is 8.47. The van der Waals surface area contributed by atoms with E-state index in [2.05, 4.69) is 17.0 Å². The van der Waals surface area contributed by atoms with Crippen LogP contribution in [0.3, 0.4) is 0 Å². The number of carbonyl (C=O) groups is 2. The van der Waals surface area contributed by atoms with Gasteiger partial charge in [0.25, 0.3) is 5.91 Å². The topological polar surface area (TPSA) is 84.2 Å². The number of carbonyl (C=O) groups excluding carboxylic acids is 1. The Morgan fingerprint density at radius 2 is 2.39 bits per heavy atom. The maximum atomic E-state index is 12.0. The van der Waals surface area contributed by atoms with Crippen molar-refractivity contribution in [2.75, 3.05) is 0 Å². The average Bonchev–Trinajstić information content (AvgIpc) is 2.63. The molecule has 18 heavy (non-hydrogen) atoms. The third-order valence-corrected chi connectivity index (χ3v) is 3.16. The molecule has 0 aromatic carbocycles. The molecule has 0 aliphatic heterocycles. The number of hydrogen-bond acceptors (Lipinski definition) is 3. The summed E-state index contributed by atoms with van der Waals surface area (Å²) in [6.07, 6.45) is 4.02. The third-order valence-electron chi connectivity index (χ3n) is 2.37. The molecule has 0 bridgehead atoms. The number of amides is 1. The van der Waals surface area contributed by atoms with Crippen LogP contribution in [0.1, 0.15) is 23.3 Å². The summed E-state index contributed by atoms with van der Waals surface area (Å²) < 4.78 is 2.10. The van der Waals surface area contributed by atoms with Gasteiger partial charge in [-0.15, -0.1) is 6.58 Å². The minimum absolute atomic E-state index is 0.318. The first-order valence-corrected chi connectivity index (χ1v) is 6.37. The maximum Gasteiger partial charge on any atom is 0.326 e. The van der Waals surface area contributed by atoms with Crippen molar-refractivity contribution in [1.82, 2.24) is 15.1 Å². The Kier molecular flexibility index (Phi) is 5.32. The first kappa shape index (κ1) is 14.7. The second-order valence-electron chi connectivity index (χ2n) is 3.70. The van der Waals surface area contributed by atoms with Gasteiger partial charge >= 0.3 is 5.97 Å². The molecule has 0 saturated carbocycles. The molecule has 1 aromatic rings. The van der Waals surface area contributed by atoms with Crippen molar-refractivity contribution >= 4 is 34.5 Å². The molecule has 0 aliphatic rings. The van der Waals surface area contributed by atoms with E-state index >= 15 is 0 Å². The van der Waals surface area contributed by atoms with Gasteiger partial charge in [0.2, 0.25) is 0 Å². The van der Waals surface area contributed by atoms with Crippen molar-refractivity contribution in [2.45, 2.75) is 18.9 Å². The second kappa shape index (κ2) is 6.53. The summed E-state index contributed by atoms with van der Waals surface area (Å²) in [7, 11) is 1.64. The third kappa shape index (κ3) is 3.56. The summed E-state index contributed by atoms with van der Waals surface area (Å²) >= 11 is 1.98. The molecule has 7 heteroatoms. The predicted octanol–water partition coefficient (Wildman–Crippen LogP) is 1.17. The smallest absolute Gasteiger partial charge is 0.326 e. The number of nitrogens with zero attached hydrogens (tertiary/aromatic N) is 2. The summed E-state index contributed by atoms with van der Waals surface area (Å²) in [5, 5.41) is 15.4. The Bertz CT molecular complexity index is 451. The lowest BCUT2D eigenvalue weighted by Crippen LogP contribution is -2.41. The minimum Gasteiger partial charge on any atom is -0.480 e. The van der Waals surface area contributed by atoms with Crippen LogP contribution in [0.5, 0.6) is 0 Å². The van der Waals surface area contributed by atoms with E-state index in [-0.39, 0.29) is 0 Å². The second-order valence-corrected chi connectivity index (χ2v) is 4.86. The highest BCUT2D eigenvalue weighted by Crippen LogP contribution is 2.11. The molecule has 1 aromatic heterocycles. The minimum atomic E-state index is -1.05. The summed E-state index contributed by atoms with van der Waals surface area (Å²) in [6, 6.07) is -0.916. The van der Waals surface area contributed by atoms with Crippen LogP contribution in [0.25, 0.3) is 0 Å². The van der Waals surface area contributed by atoms with Gasteiger partial charge in [-0.25, -0.2) is 4.79 Å². The monoisotopic (exact) mass is 363 g/mol. The van der Waals surface area contributed by atoms with E-state index in [4.69, 9.17) is 5.11 Å². The van der Waals surface area contributed by atoms with Crippen molar-refractivity contribution in [3.05, 3.63) is 28.1 Å². The van der Waals surface area contributed by atoms with Crippen LogP contribution in [0.2, 0.25) is 0 Å². The molecule has 98 valence electrons. The number of nitrogens with one attached hydrogen (secondary N) is 1. The molecule has 2 N–H and O–H groups in total. The van der Waals surface area contributed by atoms with Crippen LogP contribution in [-0.4, -0.2) is 32.8 Å². The zero-order valence-corrected chi connectivity index (χ0v) is 12.0. The van der Waals surface area contributed by atoms with E-state index in [0.717, 1.165) is 0 Å². The molecule has 1 amide bonds. The molecular weight excluding hydrogens is 349 g/mol. The Hall–Kier alpha value is -1.38. The van der Waals surface area contributed by atoms with Crippen LogP contribution in [0.4, 0.5) is 0 Å². The molecule has 0 saturated heterocycles. The van der Waals surface area contributed by atoms with E-state index in [0.29, 0.717) is 22.1 Å².